The summed E-state index contributed by atoms with van der Waals surface area (Å²) >= 11 is 0. The predicted octanol–water partition coefficient (Wildman–Crippen LogP) is 2.25. The number of carbonyl (C=O) groups excluding carboxylic acids is 1. The number of piperidine rings is 1. The molecule has 1 heterocycles. The Morgan fingerprint density at radius 3 is 2.79 bits per heavy atom. The molecule has 0 bridgehead atoms. The summed E-state index contributed by atoms with van der Waals surface area (Å²) in [6.45, 7) is 4.59. The monoisotopic (exact) mass is 262 g/mol. The molecule has 0 radical (unpaired) electrons. The second kappa shape index (κ2) is 6.57. The van der Waals surface area contributed by atoms with E-state index in [9.17, 15) is 4.79 Å². The average Bonchev–Trinajstić information content (AvgIpc) is 2.46. The van der Waals surface area contributed by atoms with Gasteiger partial charge in [0, 0.05) is 25.7 Å². The lowest BCUT2D eigenvalue weighted by Crippen LogP contribution is -2.49. The third-order valence-corrected chi connectivity index (χ3v) is 3.75. The lowest BCUT2D eigenvalue weighted by molar-refractivity contribution is 0.0941. The van der Waals surface area contributed by atoms with Crippen molar-refractivity contribution in [3.8, 4) is 0 Å². The fourth-order valence-electron chi connectivity index (χ4n) is 2.59. The lowest BCUT2D eigenvalue weighted by Gasteiger charge is -2.36. The van der Waals surface area contributed by atoms with Crippen LogP contribution < -0.4 is 5.32 Å². The van der Waals surface area contributed by atoms with Gasteiger partial charge in [-0.3, -0.25) is 0 Å². The molecule has 104 valence electrons. The number of benzene rings is 1. The molecule has 1 aliphatic rings. The van der Waals surface area contributed by atoms with E-state index in [1.807, 2.05) is 6.07 Å². The van der Waals surface area contributed by atoms with E-state index in [4.69, 9.17) is 4.74 Å². The summed E-state index contributed by atoms with van der Waals surface area (Å²) in [5.74, 6) is 0.441. The number of likely N-dealkylation sites (tertiary alicyclic amines) is 1. The quantitative estimate of drug-likeness (QED) is 0.908. The van der Waals surface area contributed by atoms with E-state index in [0.717, 1.165) is 26.1 Å². The van der Waals surface area contributed by atoms with Gasteiger partial charge in [0.2, 0.25) is 0 Å². The maximum Gasteiger partial charge on any atom is 0.409 e. The molecule has 1 N–H and O–H groups in total. The second-order valence-corrected chi connectivity index (χ2v) is 5.15. The van der Waals surface area contributed by atoms with Crippen LogP contribution in [0.25, 0.3) is 0 Å². The van der Waals surface area contributed by atoms with Crippen molar-refractivity contribution in [2.24, 2.45) is 5.92 Å². The van der Waals surface area contributed by atoms with Crippen molar-refractivity contribution in [3.05, 3.63) is 35.9 Å². The largest absolute Gasteiger partial charge is 0.453 e. The molecule has 0 saturated carbocycles. The van der Waals surface area contributed by atoms with E-state index < -0.39 is 0 Å². The van der Waals surface area contributed by atoms with Crippen molar-refractivity contribution in [1.82, 2.24) is 10.2 Å². The van der Waals surface area contributed by atoms with E-state index in [1.165, 1.54) is 12.7 Å². The number of methoxy groups -OCH3 is 1. The molecule has 2 unspecified atom stereocenters. The molecule has 2 atom stereocenters. The average molecular weight is 262 g/mol. The Labute approximate surface area is 114 Å². The van der Waals surface area contributed by atoms with Crippen molar-refractivity contribution in [2.45, 2.75) is 25.9 Å². The molecule has 0 spiro atoms. The van der Waals surface area contributed by atoms with Gasteiger partial charge in [0.05, 0.1) is 7.11 Å². The zero-order valence-electron chi connectivity index (χ0n) is 11.6. The molecular weight excluding hydrogens is 240 g/mol. The van der Waals surface area contributed by atoms with Gasteiger partial charge < -0.3 is 15.0 Å². The number of rotatable bonds is 3. The summed E-state index contributed by atoms with van der Waals surface area (Å²) < 4.78 is 4.77. The predicted molar refractivity (Wildman–Crippen MR) is 74.8 cm³/mol. The topological polar surface area (TPSA) is 41.6 Å². The number of hydrogen-bond donors (Lipinski definition) is 1. The molecule has 1 fully saturated rings. The van der Waals surface area contributed by atoms with Crippen molar-refractivity contribution in [1.29, 1.82) is 0 Å². The Morgan fingerprint density at radius 2 is 2.16 bits per heavy atom. The van der Waals surface area contributed by atoms with Crippen LogP contribution in [0.5, 0.6) is 0 Å². The lowest BCUT2D eigenvalue weighted by atomic mass is 9.94. The summed E-state index contributed by atoms with van der Waals surface area (Å²) in [5.41, 5.74) is 1.30. The van der Waals surface area contributed by atoms with E-state index in [2.05, 4.69) is 36.5 Å². The zero-order chi connectivity index (χ0) is 13.7. The maximum absolute atomic E-state index is 11.5. The van der Waals surface area contributed by atoms with Crippen LogP contribution in [-0.4, -0.2) is 37.2 Å². The number of carbonyl (C=O) groups is 1. The fourth-order valence-corrected chi connectivity index (χ4v) is 2.59. The molecule has 1 aliphatic heterocycles. The van der Waals surface area contributed by atoms with Gasteiger partial charge >= 0.3 is 6.09 Å². The maximum atomic E-state index is 11.5. The second-order valence-electron chi connectivity index (χ2n) is 5.15. The number of hydrogen-bond acceptors (Lipinski definition) is 3. The molecule has 1 aromatic carbocycles. The number of nitrogens with one attached hydrogen (secondary N) is 1. The first kappa shape index (κ1) is 13.9. The van der Waals surface area contributed by atoms with Crippen LogP contribution in [0.4, 0.5) is 4.79 Å². The molecule has 19 heavy (non-hydrogen) atoms. The minimum absolute atomic E-state index is 0.214. The smallest absolute Gasteiger partial charge is 0.409 e. The third kappa shape index (κ3) is 3.70. The highest BCUT2D eigenvalue weighted by Crippen LogP contribution is 2.18. The van der Waals surface area contributed by atoms with Gasteiger partial charge in [-0.15, -0.1) is 0 Å². The van der Waals surface area contributed by atoms with Crippen LogP contribution in [0.15, 0.2) is 30.3 Å². The summed E-state index contributed by atoms with van der Waals surface area (Å²) in [7, 11) is 1.44. The van der Waals surface area contributed by atoms with E-state index in [-0.39, 0.29) is 6.09 Å². The van der Waals surface area contributed by atoms with Crippen LogP contribution in [0.2, 0.25) is 0 Å². The molecule has 1 amide bonds. The van der Waals surface area contributed by atoms with Gasteiger partial charge in [-0.05, 0) is 17.9 Å². The summed E-state index contributed by atoms with van der Waals surface area (Å²) in [4.78, 5) is 13.3. The fraction of sp³-hybridized carbons (Fsp3) is 0.533. The Hall–Kier alpha value is -1.55. The Balaban J connectivity index is 1.82. The van der Waals surface area contributed by atoms with Crippen LogP contribution in [0, 0.1) is 5.92 Å². The molecular formula is C15H22N2O2. The third-order valence-electron chi connectivity index (χ3n) is 3.75. The first-order valence-corrected chi connectivity index (χ1v) is 6.81. The molecule has 2 rings (SSSR count). The molecule has 1 saturated heterocycles. The van der Waals surface area contributed by atoms with E-state index in [1.54, 1.807) is 4.90 Å². The Bertz CT molecular complexity index is 408. The van der Waals surface area contributed by atoms with Gasteiger partial charge in [-0.1, -0.05) is 37.3 Å². The van der Waals surface area contributed by atoms with Gasteiger partial charge in [0.25, 0.3) is 0 Å². The zero-order valence-corrected chi connectivity index (χ0v) is 11.6. The summed E-state index contributed by atoms with van der Waals surface area (Å²) in [6.07, 6.45) is 0.761. The van der Waals surface area contributed by atoms with Gasteiger partial charge in [0.1, 0.15) is 0 Å². The molecule has 4 heteroatoms. The molecule has 4 nitrogen and oxygen atoms in total. The number of nitrogens with zero attached hydrogens (tertiary/aromatic N) is 1. The molecule has 0 aliphatic carbocycles. The van der Waals surface area contributed by atoms with Crippen molar-refractivity contribution in [2.75, 3.05) is 20.2 Å². The van der Waals surface area contributed by atoms with Crippen molar-refractivity contribution >= 4 is 6.09 Å². The highest BCUT2D eigenvalue weighted by atomic mass is 16.5. The van der Waals surface area contributed by atoms with Crippen LogP contribution in [0.1, 0.15) is 18.9 Å². The van der Waals surface area contributed by atoms with Crippen molar-refractivity contribution in [3.63, 3.8) is 0 Å². The first-order chi connectivity index (χ1) is 9.20. The van der Waals surface area contributed by atoms with Crippen LogP contribution in [0.3, 0.4) is 0 Å². The molecule has 1 aromatic rings. The van der Waals surface area contributed by atoms with Crippen LogP contribution in [-0.2, 0) is 11.3 Å². The first-order valence-electron chi connectivity index (χ1n) is 6.81. The SMILES string of the molecule is COC(=O)N1CCC(NCc2ccccc2)C(C)C1. The number of amides is 1. The highest BCUT2D eigenvalue weighted by Gasteiger charge is 2.28. The minimum Gasteiger partial charge on any atom is -0.453 e. The van der Waals surface area contributed by atoms with E-state index >= 15 is 0 Å². The summed E-state index contributed by atoms with van der Waals surface area (Å²) in [5, 5.41) is 3.59. The highest BCUT2D eigenvalue weighted by molar-refractivity contribution is 5.67. The Morgan fingerprint density at radius 1 is 1.42 bits per heavy atom. The normalized spacial score (nSPS) is 23.2. The van der Waals surface area contributed by atoms with Gasteiger partial charge in [0.15, 0.2) is 0 Å². The minimum atomic E-state index is -0.214. The summed E-state index contributed by atoms with van der Waals surface area (Å²) in [6, 6.07) is 10.9. The van der Waals surface area contributed by atoms with E-state index in [0.29, 0.717) is 12.0 Å². The van der Waals surface area contributed by atoms with Crippen LogP contribution >= 0.6 is 0 Å². The van der Waals surface area contributed by atoms with Crippen molar-refractivity contribution < 1.29 is 9.53 Å². The van der Waals surface area contributed by atoms with Gasteiger partial charge in [-0.2, -0.15) is 0 Å². The standard InChI is InChI=1S/C15H22N2O2/c1-12-11-17(15(18)19-2)9-8-14(12)16-10-13-6-4-3-5-7-13/h3-7,12,14,16H,8-11H2,1-2H3. The Kier molecular flexibility index (Phi) is 4.80. The molecule has 0 aromatic heterocycles. The number of ether oxygens (including phenoxy) is 1. The van der Waals surface area contributed by atoms with Gasteiger partial charge in [-0.25, -0.2) is 4.79 Å².